The number of hydrogen-bond acceptors (Lipinski definition) is 7. The normalized spacial score (nSPS) is 19.9. The second-order valence-electron chi connectivity index (χ2n) is 9.55. The van der Waals surface area contributed by atoms with Crippen LogP contribution in [0.5, 0.6) is 0 Å². The molecule has 2 aromatic carbocycles. The first-order chi connectivity index (χ1) is 18.1. The van der Waals surface area contributed by atoms with Crippen molar-refractivity contribution in [2.75, 3.05) is 15.8 Å². The topological polar surface area (TPSA) is 139 Å². The lowest BCUT2D eigenvalue weighted by molar-refractivity contribution is -0.126. The van der Waals surface area contributed by atoms with Gasteiger partial charge in [0.15, 0.2) is 17.3 Å². The van der Waals surface area contributed by atoms with Crippen LogP contribution in [0, 0.1) is 5.92 Å². The molecule has 0 aromatic heterocycles. The molecule has 0 saturated carbocycles. The molecule has 4 rings (SSSR count). The summed E-state index contributed by atoms with van der Waals surface area (Å²) in [6.45, 7) is 3.83. The fourth-order valence-electron chi connectivity index (χ4n) is 5.34. The third-order valence-electron chi connectivity index (χ3n) is 6.70. The van der Waals surface area contributed by atoms with E-state index in [0.29, 0.717) is 36.8 Å². The maximum absolute atomic E-state index is 14.0. The number of anilines is 2. The largest absolute Gasteiger partial charge is 0.404 e. The van der Waals surface area contributed by atoms with Gasteiger partial charge in [0.05, 0.1) is 11.1 Å². The van der Waals surface area contributed by atoms with Gasteiger partial charge in [-0.2, -0.15) is 21.6 Å². The fraction of sp³-hybridized carbons (Fsp3) is 0.400. The molecule has 9 nitrogen and oxygen atoms in total. The zero-order valence-electron chi connectivity index (χ0n) is 21.0. The highest BCUT2D eigenvalue weighted by Gasteiger charge is 2.53. The number of fused-ring (bicyclic) bond motifs is 2. The summed E-state index contributed by atoms with van der Waals surface area (Å²) in [7, 11) is -9.44. The number of benzene rings is 2. The molecule has 1 aliphatic carbocycles. The molecule has 0 fully saturated rings. The standard InChI is InChI=1S/C25H26F3N3O6S2/c1-3-11-24(12-4-2)17-8-6-5-7-16(17)21(32)20(22(24)33)23-29-18-10-9-15(13-19(18)39(36,37)31-23)30-38(34,35)14-25(26,27)28/h5-10,13,20,30H,3-4,11-12,14H2,1-2H3,(H,29,31). The third kappa shape index (κ3) is 5.44. The highest BCUT2D eigenvalue weighted by molar-refractivity contribution is 7.92. The lowest BCUT2D eigenvalue weighted by atomic mass is 9.60. The van der Waals surface area contributed by atoms with Crippen molar-refractivity contribution in [2.45, 2.75) is 56.0 Å². The zero-order valence-corrected chi connectivity index (χ0v) is 22.6. The van der Waals surface area contributed by atoms with Gasteiger partial charge in [-0.3, -0.25) is 14.3 Å². The molecule has 1 atom stereocenters. The smallest absolute Gasteiger partial charge is 0.341 e. The number of carbonyl (C=O) groups excluding carboxylic acids is 2. The molecular formula is C25H26F3N3O6S2. The molecule has 0 saturated heterocycles. The number of alkyl halides is 3. The Morgan fingerprint density at radius 1 is 1.05 bits per heavy atom. The molecule has 39 heavy (non-hydrogen) atoms. The van der Waals surface area contributed by atoms with Crippen molar-refractivity contribution in [3.8, 4) is 0 Å². The van der Waals surface area contributed by atoms with Crippen molar-refractivity contribution in [3.63, 3.8) is 0 Å². The van der Waals surface area contributed by atoms with Crippen LogP contribution in [0.4, 0.5) is 24.5 Å². The average molecular weight is 586 g/mol. The van der Waals surface area contributed by atoms with Gasteiger partial charge in [0.1, 0.15) is 16.6 Å². The first-order valence-corrected chi connectivity index (χ1v) is 15.2. The van der Waals surface area contributed by atoms with Gasteiger partial charge in [-0.15, -0.1) is 4.40 Å². The molecule has 2 N–H and O–H groups in total. The first-order valence-electron chi connectivity index (χ1n) is 12.2. The van der Waals surface area contributed by atoms with E-state index < -0.39 is 65.5 Å². The number of sulfonamides is 2. The number of nitrogens with zero attached hydrogens (tertiary/aromatic N) is 1. The SMILES string of the molecule is CCCC1(CCC)C(=O)C(C2=NS(=O)(=O)c3cc(NS(=O)(=O)CC(F)(F)F)ccc3N2)C(=O)c2ccccc21. The molecule has 2 aromatic rings. The number of ketones is 2. The van der Waals surface area contributed by atoms with E-state index in [9.17, 15) is 39.6 Å². The predicted molar refractivity (Wildman–Crippen MR) is 139 cm³/mol. The lowest BCUT2D eigenvalue weighted by Gasteiger charge is -2.41. The molecule has 2 aliphatic rings. The van der Waals surface area contributed by atoms with Gasteiger partial charge in [-0.05, 0) is 36.6 Å². The number of amidine groups is 1. The van der Waals surface area contributed by atoms with E-state index in [-0.39, 0.29) is 11.5 Å². The van der Waals surface area contributed by atoms with Gasteiger partial charge in [0, 0.05) is 11.3 Å². The summed E-state index contributed by atoms with van der Waals surface area (Å²) in [6, 6.07) is 9.77. The molecular weight excluding hydrogens is 559 g/mol. The van der Waals surface area contributed by atoms with Crippen LogP contribution in [-0.2, 0) is 30.3 Å². The second-order valence-corrected chi connectivity index (χ2v) is 12.8. The number of rotatable bonds is 8. The van der Waals surface area contributed by atoms with Crippen molar-refractivity contribution >= 4 is 48.8 Å². The molecule has 1 heterocycles. The van der Waals surface area contributed by atoms with Crippen LogP contribution in [0.1, 0.15) is 55.5 Å². The van der Waals surface area contributed by atoms with Crippen molar-refractivity contribution in [1.82, 2.24) is 0 Å². The number of Topliss-reactive ketones (excluding diaryl/α,β-unsaturated/α-hetero) is 2. The van der Waals surface area contributed by atoms with Crippen LogP contribution in [0.25, 0.3) is 0 Å². The minimum atomic E-state index is -5.00. The lowest BCUT2D eigenvalue weighted by Crippen LogP contribution is -2.52. The Bertz CT molecular complexity index is 1580. The summed E-state index contributed by atoms with van der Waals surface area (Å²) < 4.78 is 93.1. The third-order valence-corrected chi connectivity index (χ3v) is 9.28. The van der Waals surface area contributed by atoms with Gasteiger partial charge in [0.2, 0.25) is 10.0 Å². The first kappa shape index (κ1) is 28.7. The molecule has 1 unspecified atom stereocenters. The summed E-state index contributed by atoms with van der Waals surface area (Å²) in [5.74, 6) is -5.12. The van der Waals surface area contributed by atoms with E-state index >= 15 is 0 Å². The summed E-state index contributed by atoms with van der Waals surface area (Å²) in [6.07, 6.45) is -2.85. The Morgan fingerprint density at radius 2 is 1.69 bits per heavy atom. The molecule has 210 valence electrons. The molecule has 0 radical (unpaired) electrons. The van der Waals surface area contributed by atoms with Crippen LogP contribution in [-0.4, -0.2) is 46.2 Å². The summed E-state index contributed by atoms with van der Waals surface area (Å²) >= 11 is 0. The van der Waals surface area contributed by atoms with E-state index in [4.69, 9.17) is 0 Å². The van der Waals surface area contributed by atoms with Crippen molar-refractivity contribution in [3.05, 3.63) is 53.6 Å². The van der Waals surface area contributed by atoms with E-state index in [1.165, 1.54) is 0 Å². The van der Waals surface area contributed by atoms with Crippen LogP contribution in [0.2, 0.25) is 0 Å². The monoisotopic (exact) mass is 585 g/mol. The van der Waals surface area contributed by atoms with E-state index in [2.05, 4.69) is 9.71 Å². The molecule has 0 spiro atoms. The zero-order chi connectivity index (χ0) is 28.8. The Hall–Kier alpha value is -3.26. The minimum absolute atomic E-state index is 0.102. The Kier molecular flexibility index (Phi) is 7.40. The fourth-order valence-corrected chi connectivity index (χ4v) is 7.51. The van der Waals surface area contributed by atoms with E-state index in [1.54, 1.807) is 29.0 Å². The summed E-state index contributed by atoms with van der Waals surface area (Å²) in [5, 5.41) is 2.74. The number of hydrogen-bond donors (Lipinski definition) is 2. The van der Waals surface area contributed by atoms with Gasteiger partial charge in [-0.25, -0.2) is 8.42 Å². The maximum atomic E-state index is 14.0. The predicted octanol–water partition coefficient (Wildman–Crippen LogP) is 4.42. The summed E-state index contributed by atoms with van der Waals surface area (Å²) in [4.78, 5) is 27.1. The van der Waals surface area contributed by atoms with Crippen molar-refractivity contribution in [1.29, 1.82) is 0 Å². The van der Waals surface area contributed by atoms with Gasteiger partial charge < -0.3 is 5.32 Å². The molecule has 0 bridgehead atoms. The van der Waals surface area contributed by atoms with Crippen LogP contribution < -0.4 is 10.0 Å². The molecule has 0 amide bonds. The maximum Gasteiger partial charge on any atom is 0.404 e. The molecule has 1 aliphatic heterocycles. The molecule has 14 heteroatoms. The Morgan fingerprint density at radius 3 is 2.31 bits per heavy atom. The van der Waals surface area contributed by atoms with Crippen LogP contribution in [0.15, 0.2) is 51.8 Å². The van der Waals surface area contributed by atoms with Gasteiger partial charge >= 0.3 is 6.18 Å². The van der Waals surface area contributed by atoms with Crippen LogP contribution in [0.3, 0.4) is 0 Å². The average Bonchev–Trinajstić information content (AvgIpc) is 2.81. The quantitative estimate of drug-likeness (QED) is 0.437. The van der Waals surface area contributed by atoms with E-state index in [1.807, 2.05) is 13.8 Å². The second kappa shape index (κ2) is 10.0. The minimum Gasteiger partial charge on any atom is -0.341 e. The van der Waals surface area contributed by atoms with Crippen molar-refractivity contribution in [2.24, 2.45) is 10.3 Å². The van der Waals surface area contributed by atoms with Gasteiger partial charge in [0.25, 0.3) is 10.0 Å². The van der Waals surface area contributed by atoms with E-state index in [0.717, 1.165) is 18.2 Å². The Labute approximate surface area is 224 Å². The highest BCUT2D eigenvalue weighted by atomic mass is 32.2. The summed E-state index contributed by atoms with van der Waals surface area (Å²) in [5.41, 5.74) is -0.630. The number of halogens is 3. The number of nitrogens with one attached hydrogen (secondary N) is 2. The van der Waals surface area contributed by atoms with Crippen LogP contribution >= 0.6 is 0 Å². The Balaban J connectivity index is 1.76. The number of carbonyl (C=O) groups is 2. The highest BCUT2D eigenvalue weighted by Crippen LogP contribution is 2.45. The van der Waals surface area contributed by atoms with Gasteiger partial charge in [-0.1, -0.05) is 51.0 Å². The van der Waals surface area contributed by atoms with Crippen molar-refractivity contribution < 1.29 is 39.6 Å².